The monoisotopic (exact) mass is 1200 g/mol. The molecular weight excluding hydrogens is 1130 g/mol. The van der Waals surface area contributed by atoms with Crippen LogP contribution in [0.5, 0.6) is 0 Å². The van der Waals surface area contributed by atoms with E-state index in [0.29, 0.717) is 34.5 Å². The van der Waals surface area contributed by atoms with Gasteiger partial charge in [-0.1, -0.05) is 47.0 Å². The van der Waals surface area contributed by atoms with Gasteiger partial charge in [-0.05, 0) is 54.5 Å². The molecule has 0 radical (unpaired) electrons. The summed E-state index contributed by atoms with van der Waals surface area (Å²) in [6.07, 6.45) is 29.7. The molecule has 6 aromatic rings. The standard InChI is InChI=1S/C20H23N7OS.C17H21BrN6O.3C4H9.C3H2NS.CH4.Sn/c1-3-15-19(28)25(2)16-10-22-20(24-18(16)27(15)13-6-4-5-7-13)26-9-8-21-17(26)14-11-29-12-23-14;1-3-12-15(25)22(2)13-10-20-17(23-9-8-19-16(23)18)21-14(13)24(12)11-6-4-5-7-11;3*1-3-4-2;1-2-5-3-4-1;;/h8-13,15H,3-7H2,1-2H3;8-12H,3-7H2,1-2H3;3*1,3-4H2,2H3;2-3H;1H4;/t15-;12-;;;;;;/m11....../s1. The topological polar surface area (TPSA) is 160 Å². The Morgan fingerprint density at radius 3 is 1.51 bits per heavy atom. The average Bonchev–Trinajstić information content (AvgIpc) is 4.27. The molecule has 16 nitrogen and oxygen atoms in total. The summed E-state index contributed by atoms with van der Waals surface area (Å²) in [6.45, 7) is 11.1. The van der Waals surface area contributed by atoms with E-state index in [9.17, 15) is 9.59 Å². The van der Waals surface area contributed by atoms with Crippen LogP contribution in [0.2, 0.25) is 13.3 Å². The second-order valence-electron chi connectivity index (χ2n) is 19.6. The molecule has 0 aromatic carbocycles. The zero-order valence-corrected chi connectivity index (χ0v) is 49.4. The van der Waals surface area contributed by atoms with E-state index in [1.165, 1.54) is 88.9 Å². The van der Waals surface area contributed by atoms with E-state index in [2.05, 4.69) is 96.2 Å². The smallest absolute Gasteiger partial charge is 0.249 e. The Balaban J connectivity index is 0.000000164. The first-order valence-corrected chi connectivity index (χ1v) is 36.6. The fourth-order valence-corrected chi connectivity index (χ4v) is 29.9. The number of rotatable bonds is 17. The first-order valence-electron chi connectivity index (χ1n) is 26.4. The number of hydrogen-bond donors (Lipinski definition) is 0. The van der Waals surface area contributed by atoms with Gasteiger partial charge in [0.1, 0.15) is 29.2 Å². The van der Waals surface area contributed by atoms with Crippen molar-refractivity contribution in [2.24, 2.45) is 0 Å². The molecule has 0 unspecified atom stereocenters. The van der Waals surface area contributed by atoms with Gasteiger partial charge in [0, 0.05) is 56.3 Å². The van der Waals surface area contributed by atoms with E-state index in [-0.39, 0.29) is 31.3 Å². The molecule has 20 heteroatoms. The number of nitrogens with zero attached hydrogens (tertiary/aromatic N) is 14. The van der Waals surface area contributed by atoms with Crippen LogP contribution in [0.4, 0.5) is 23.0 Å². The molecule has 394 valence electrons. The van der Waals surface area contributed by atoms with Crippen molar-refractivity contribution >= 4 is 95.5 Å². The fourth-order valence-electron chi connectivity index (χ4n) is 11.2. The molecule has 2 amide bonds. The van der Waals surface area contributed by atoms with Gasteiger partial charge in [-0.25, -0.2) is 24.9 Å². The third-order valence-electron chi connectivity index (χ3n) is 15.1. The summed E-state index contributed by atoms with van der Waals surface area (Å²) < 4.78 is 10.5. The Labute approximate surface area is 453 Å². The Morgan fingerprint density at radius 2 is 1.08 bits per heavy atom. The predicted molar refractivity (Wildman–Crippen MR) is 305 cm³/mol. The largest absolute Gasteiger partial charge is 0.340 e. The van der Waals surface area contributed by atoms with Crippen LogP contribution in [0.3, 0.4) is 0 Å². The van der Waals surface area contributed by atoms with Gasteiger partial charge in [-0.15, -0.1) is 11.3 Å². The quantitative estimate of drug-likeness (QED) is 0.0797. The van der Waals surface area contributed by atoms with E-state index in [1.807, 2.05) is 47.8 Å². The Bertz CT molecular complexity index is 2650. The van der Waals surface area contributed by atoms with Crippen molar-refractivity contribution in [3.8, 4) is 23.4 Å². The average molecular weight is 1210 g/mol. The number of thiazole rings is 2. The zero-order valence-electron chi connectivity index (χ0n) is 43.3. The van der Waals surface area contributed by atoms with Gasteiger partial charge in [-0.3, -0.25) is 18.7 Å². The van der Waals surface area contributed by atoms with Gasteiger partial charge in [0.05, 0.1) is 17.9 Å². The number of likely N-dealkylation sites (N-methyl/N-ethyl adjacent to an activating group) is 2. The summed E-state index contributed by atoms with van der Waals surface area (Å²) in [5.74, 6) is 3.76. The summed E-state index contributed by atoms with van der Waals surface area (Å²) in [4.78, 5) is 70.4. The van der Waals surface area contributed by atoms with Gasteiger partial charge >= 0.3 is 122 Å². The summed E-state index contributed by atoms with van der Waals surface area (Å²) in [5.41, 5.74) is 6.20. The first kappa shape index (κ1) is 56.4. The number of anilines is 4. The Hall–Kier alpha value is -4.34. The second-order valence-corrected chi connectivity index (χ2v) is 34.8. The molecule has 2 saturated carbocycles. The van der Waals surface area contributed by atoms with Crippen LogP contribution in [-0.2, 0) is 9.59 Å². The van der Waals surface area contributed by atoms with Crippen molar-refractivity contribution in [1.29, 1.82) is 0 Å². The van der Waals surface area contributed by atoms with E-state index in [4.69, 9.17) is 15.0 Å². The van der Waals surface area contributed by atoms with Gasteiger partial charge in [0.2, 0.25) is 23.7 Å². The number of carbonyl (C=O) groups excluding carboxylic acids is 2. The molecular formula is C53H77BrN14O2S2Sn. The van der Waals surface area contributed by atoms with Crippen LogP contribution in [0.15, 0.2) is 63.7 Å². The summed E-state index contributed by atoms with van der Waals surface area (Å²) >= 11 is 4.62. The van der Waals surface area contributed by atoms with Crippen molar-refractivity contribution < 1.29 is 9.59 Å². The van der Waals surface area contributed by atoms with Crippen molar-refractivity contribution in [2.45, 2.75) is 182 Å². The number of unbranched alkanes of at least 4 members (excludes halogenated alkanes) is 3. The van der Waals surface area contributed by atoms with E-state index in [1.54, 1.807) is 48.4 Å². The van der Waals surface area contributed by atoms with Crippen LogP contribution >= 0.6 is 38.6 Å². The number of carbonyl (C=O) groups is 2. The van der Waals surface area contributed by atoms with E-state index >= 15 is 0 Å². The van der Waals surface area contributed by atoms with Gasteiger partial charge in [0.15, 0.2) is 22.2 Å². The fraction of sp³-hybridized carbons (Fsp3) is 0.585. The van der Waals surface area contributed by atoms with Gasteiger partial charge < -0.3 is 19.6 Å². The van der Waals surface area contributed by atoms with Crippen LogP contribution in [-0.4, -0.2) is 117 Å². The van der Waals surface area contributed by atoms with Crippen LogP contribution < -0.4 is 23.3 Å². The molecule has 2 aliphatic heterocycles. The number of halogens is 1. The normalized spacial score (nSPS) is 18.0. The first-order chi connectivity index (χ1) is 35.1. The van der Waals surface area contributed by atoms with Crippen LogP contribution in [0, 0.1) is 0 Å². The van der Waals surface area contributed by atoms with Crippen molar-refractivity contribution in [2.75, 3.05) is 33.7 Å². The minimum atomic E-state index is -2.13. The number of hydrogen-bond acceptors (Lipinski definition) is 14. The molecule has 2 atom stereocenters. The Morgan fingerprint density at radius 1 is 0.616 bits per heavy atom. The van der Waals surface area contributed by atoms with Crippen LogP contribution in [0.25, 0.3) is 23.4 Å². The number of fused-ring (bicyclic) bond motifs is 2. The Kier molecular flexibility index (Phi) is 20.4. The van der Waals surface area contributed by atoms with Crippen molar-refractivity contribution in [1.82, 2.24) is 49.0 Å². The molecule has 8 heterocycles. The molecule has 0 spiro atoms. The maximum Gasteiger partial charge on any atom is 0.249 e. The number of imidazole rings is 2. The summed E-state index contributed by atoms with van der Waals surface area (Å²) in [7, 11) is 3.63. The molecule has 10 rings (SSSR count). The van der Waals surface area contributed by atoms with Crippen molar-refractivity contribution in [3.63, 3.8) is 0 Å². The molecule has 73 heavy (non-hydrogen) atoms. The van der Waals surface area contributed by atoms with Crippen LogP contribution in [0.1, 0.15) is 145 Å². The molecule has 0 saturated heterocycles. The van der Waals surface area contributed by atoms with E-state index in [0.717, 1.165) is 67.2 Å². The summed E-state index contributed by atoms with van der Waals surface area (Å²) in [6, 6.07) is 0.379. The third-order valence-corrected chi connectivity index (χ3v) is 32.6. The second kappa shape index (κ2) is 26.4. The molecule has 2 fully saturated rings. The predicted octanol–water partition coefficient (Wildman–Crippen LogP) is 12.1. The molecule has 4 aliphatic rings. The minimum Gasteiger partial charge on any atom is -0.340 e. The van der Waals surface area contributed by atoms with E-state index < -0.39 is 18.4 Å². The maximum absolute atomic E-state index is 13.0. The summed E-state index contributed by atoms with van der Waals surface area (Å²) in [5, 5.41) is 4.35. The van der Waals surface area contributed by atoms with Gasteiger partial charge in [-0.2, -0.15) is 9.97 Å². The maximum atomic E-state index is 13.0. The number of amides is 2. The molecule has 0 bridgehead atoms. The molecule has 0 N–H and O–H groups in total. The van der Waals surface area contributed by atoms with Gasteiger partial charge in [0.25, 0.3) is 0 Å². The zero-order chi connectivity index (χ0) is 50.8. The molecule has 2 aliphatic carbocycles. The minimum absolute atomic E-state index is 0. The third kappa shape index (κ3) is 12.2. The molecule has 6 aromatic heterocycles. The van der Waals surface area contributed by atoms with Crippen molar-refractivity contribution in [3.05, 3.63) is 63.7 Å². The number of aromatic nitrogens is 10. The SMILES string of the molecule is C.CCC[CH2][Sn]([CH2]CCC)([CH2]CCC)[c]1cscn1.CC[C@@H]1C(=O)N(C)c2cnc(-n3ccnc3-c3cscn3)nc2N1C1CCCC1.CC[C@@H]1C(=O)N(C)c2cnc(-n3ccnc3Br)nc2N1C1CCCC1.